The van der Waals surface area contributed by atoms with Crippen molar-refractivity contribution in [3.63, 3.8) is 0 Å². The smallest absolute Gasteiger partial charge is 0.316 e. The lowest BCUT2D eigenvalue weighted by molar-refractivity contribution is 0.225. The molecule has 0 bridgehead atoms. The zero-order valence-corrected chi connectivity index (χ0v) is 8.97. The zero-order chi connectivity index (χ0) is 9.84. The molecular formula is C10H16ClNO. The zero-order valence-electron chi connectivity index (χ0n) is 8.22. The molecule has 13 heavy (non-hydrogen) atoms. The largest absolute Gasteiger partial charge is 0.325 e. The number of carbonyl (C=O) groups excluding carboxylic acids is 1. The van der Waals surface area contributed by atoms with Crippen molar-refractivity contribution in [2.45, 2.75) is 26.7 Å². The van der Waals surface area contributed by atoms with Gasteiger partial charge in [0, 0.05) is 13.1 Å². The third-order valence-electron chi connectivity index (χ3n) is 2.22. The third kappa shape index (κ3) is 3.39. The van der Waals surface area contributed by atoms with Gasteiger partial charge in [0.1, 0.15) is 0 Å². The van der Waals surface area contributed by atoms with E-state index in [9.17, 15) is 4.79 Å². The summed E-state index contributed by atoms with van der Waals surface area (Å²) in [7, 11) is 0. The van der Waals surface area contributed by atoms with Crippen LogP contribution >= 0.6 is 11.6 Å². The fraction of sp³-hybridized carbons (Fsp3) is 0.700. The molecule has 0 aliphatic carbocycles. The highest BCUT2D eigenvalue weighted by molar-refractivity contribution is 6.62. The molecule has 1 aliphatic rings. The van der Waals surface area contributed by atoms with Crippen LogP contribution in [0.2, 0.25) is 0 Å². The fourth-order valence-electron chi connectivity index (χ4n) is 1.58. The monoisotopic (exact) mass is 201 g/mol. The molecule has 0 aromatic heterocycles. The molecule has 1 amide bonds. The topological polar surface area (TPSA) is 20.3 Å². The third-order valence-corrected chi connectivity index (χ3v) is 2.46. The van der Waals surface area contributed by atoms with Crippen molar-refractivity contribution in [1.29, 1.82) is 0 Å². The Balaban J connectivity index is 2.43. The van der Waals surface area contributed by atoms with Gasteiger partial charge in [-0.3, -0.25) is 4.79 Å². The van der Waals surface area contributed by atoms with Crippen LogP contribution in [0.1, 0.15) is 26.7 Å². The molecule has 0 aromatic carbocycles. The highest BCUT2D eigenvalue weighted by Crippen LogP contribution is 2.19. The van der Waals surface area contributed by atoms with Gasteiger partial charge in [0.25, 0.3) is 0 Å². The Bertz CT molecular complexity index is 223. The summed E-state index contributed by atoms with van der Waals surface area (Å²) in [6, 6.07) is 0. The van der Waals surface area contributed by atoms with E-state index in [1.54, 1.807) is 4.90 Å². The van der Waals surface area contributed by atoms with Gasteiger partial charge in [0.15, 0.2) is 0 Å². The molecule has 0 saturated carbocycles. The summed E-state index contributed by atoms with van der Waals surface area (Å²) in [4.78, 5) is 12.4. The lowest BCUT2D eigenvalue weighted by Crippen LogP contribution is -2.30. The Morgan fingerprint density at radius 2 is 2.38 bits per heavy atom. The molecule has 1 heterocycles. The van der Waals surface area contributed by atoms with Crippen LogP contribution in [-0.4, -0.2) is 23.4 Å². The molecule has 74 valence electrons. The molecule has 2 nitrogen and oxygen atoms in total. The Labute approximate surface area is 84.6 Å². The normalized spacial score (nSPS) is 17.5. The highest BCUT2D eigenvalue weighted by Gasteiger charge is 2.15. The number of halogens is 1. The van der Waals surface area contributed by atoms with Crippen LogP contribution in [0.3, 0.4) is 0 Å². The van der Waals surface area contributed by atoms with Gasteiger partial charge in [0.05, 0.1) is 0 Å². The molecule has 0 radical (unpaired) electrons. The van der Waals surface area contributed by atoms with Crippen LogP contribution < -0.4 is 0 Å². The summed E-state index contributed by atoms with van der Waals surface area (Å²) in [6.45, 7) is 5.88. The first-order chi connectivity index (χ1) is 6.09. The molecule has 0 fully saturated rings. The Morgan fingerprint density at radius 1 is 1.69 bits per heavy atom. The minimum Gasteiger partial charge on any atom is -0.325 e. The number of hydrogen-bond acceptors (Lipinski definition) is 1. The minimum absolute atomic E-state index is 0.333. The molecule has 0 aromatic rings. The van der Waals surface area contributed by atoms with Crippen LogP contribution in [0.25, 0.3) is 0 Å². The SMILES string of the molecule is CC(C)CC1=CCN(C(=O)Cl)CC1. The standard InChI is InChI=1S/C10H16ClNO/c1-8(2)7-9-3-5-12(6-4-9)10(11)13/h3,8H,4-7H2,1-2H3. The van der Waals surface area contributed by atoms with Gasteiger partial charge < -0.3 is 4.90 Å². The van der Waals surface area contributed by atoms with Gasteiger partial charge in [-0.2, -0.15) is 0 Å². The molecule has 1 aliphatic heterocycles. The fourth-order valence-corrected chi connectivity index (χ4v) is 1.73. The Kier molecular flexibility index (Phi) is 3.79. The molecule has 3 heteroatoms. The quantitative estimate of drug-likeness (QED) is 0.382. The summed E-state index contributed by atoms with van der Waals surface area (Å²) in [6.07, 6.45) is 4.25. The van der Waals surface area contributed by atoms with Gasteiger partial charge in [0.2, 0.25) is 0 Å². The van der Waals surface area contributed by atoms with E-state index >= 15 is 0 Å². The van der Waals surface area contributed by atoms with Gasteiger partial charge in [-0.05, 0) is 30.4 Å². The van der Waals surface area contributed by atoms with Gasteiger partial charge in [-0.1, -0.05) is 25.5 Å². The molecule has 0 spiro atoms. The van der Waals surface area contributed by atoms with E-state index in [1.807, 2.05) is 0 Å². The predicted octanol–water partition coefficient (Wildman–Crippen LogP) is 3.02. The second-order valence-electron chi connectivity index (χ2n) is 3.91. The average molecular weight is 202 g/mol. The number of rotatable bonds is 2. The number of nitrogens with zero attached hydrogens (tertiary/aromatic N) is 1. The van der Waals surface area contributed by atoms with E-state index in [2.05, 4.69) is 19.9 Å². The first-order valence-corrected chi connectivity index (χ1v) is 5.09. The van der Waals surface area contributed by atoms with Crippen LogP contribution in [0.5, 0.6) is 0 Å². The van der Waals surface area contributed by atoms with Crippen molar-refractivity contribution >= 4 is 17.0 Å². The van der Waals surface area contributed by atoms with E-state index in [0.717, 1.165) is 19.4 Å². The second kappa shape index (κ2) is 4.66. The van der Waals surface area contributed by atoms with Gasteiger partial charge >= 0.3 is 5.37 Å². The number of carbonyl (C=O) groups is 1. The van der Waals surface area contributed by atoms with E-state index < -0.39 is 0 Å². The molecule has 0 unspecified atom stereocenters. The highest BCUT2D eigenvalue weighted by atomic mass is 35.5. The van der Waals surface area contributed by atoms with Crippen LogP contribution in [-0.2, 0) is 0 Å². The van der Waals surface area contributed by atoms with Gasteiger partial charge in [-0.15, -0.1) is 0 Å². The minimum atomic E-state index is -0.333. The maximum absolute atomic E-state index is 10.8. The molecule has 0 saturated heterocycles. The van der Waals surface area contributed by atoms with Crippen molar-refractivity contribution in [1.82, 2.24) is 4.90 Å². The summed E-state index contributed by atoms with van der Waals surface area (Å²) < 4.78 is 0. The molecular weight excluding hydrogens is 186 g/mol. The summed E-state index contributed by atoms with van der Waals surface area (Å²) in [5, 5.41) is -0.333. The van der Waals surface area contributed by atoms with E-state index in [-0.39, 0.29) is 5.37 Å². The summed E-state index contributed by atoms with van der Waals surface area (Å²) in [5.74, 6) is 0.699. The van der Waals surface area contributed by atoms with Crippen LogP contribution in [0.15, 0.2) is 11.6 Å². The lowest BCUT2D eigenvalue weighted by atomic mass is 9.98. The van der Waals surface area contributed by atoms with Crippen LogP contribution in [0, 0.1) is 5.92 Å². The molecule has 0 atom stereocenters. The summed E-state index contributed by atoms with van der Waals surface area (Å²) in [5.41, 5.74) is 1.46. The first kappa shape index (κ1) is 10.6. The Hall–Kier alpha value is -0.500. The van der Waals surface area contributed by atoms with Crippen molar-refractivity contribution in [3.8, 4) is 0 Å². The molecule has 0 N–H and O–H groups in total. The second-order valence-corrected chi connectivity index (χ2v) is 4.23. The van der Waals surface area contributed by atoms with E-state index in [4.69, 9.17) is 11.6 Å². The van der Waals surface area contributed by atoms with Crippen LogP contribution in [0.4, 0.5) is 4.79 Å². The van der Waals surface area contributed by atoms with Crippen molar-refractivity contribution in [2.75, 3.05) is 13.1 Å². The number of hydrogen-bond donors (Lipinski definition) is 0. The van der Waals surface area contributed by atoms with Crippen molar-refractivity contribution < 1.29 is 4.79 Å². The van der Waals surface area contributed by atoms with E-state index in [0.29, 0.717) is 12.5 Å². The average Bonchev–Trinajstić information content (AvgIpc) is 2.04. The Morgan fingerprint density at radius 3 is 2.77 bits per heavy atom. The maximum Gasteiger partial charge on any atom is 0.316 e. The number of amides is 1. The predicted molar refractivity (Wildman–Crippen MR) is 55.0 cm³/mol. The molecule has 1 rings (SSSR count). The lowest BCUT2D eigenvalue weighted by Gasteiger charge is -2.24. The maximum atomic E-state index is 10.8. The van der Waals surface area contributed by atoms with Crippen molar-refractivity contribution in [2.24, 2.45) is 5.92 Å². The van der Waals surface area contributed by atoms with E-state index in [1.165, 1.54) is 5.57 Å². The first-order valence-electron chi connectivity index (χ1n) is 4.72. The van der Waals surface area contributed by atoms with Gasteiger partial charge in [-0.25, -0.2) is 0 Å². The summed E-state index contributed by atoms with van der Waals surface area (Å²) >= 11 is 5.37. The van der Waals surface area contributed by atoms with Crippen molar-refractivity contribution in [3.05, 3.63) is 11.6 Å².